The summed E-state index contributed by atoms with van der Waals surface area (Å²) in [5.74, 6) is 0.841. The molecule has 1 aliphatic rings. The van der Waals surface area contributed by atoms with E-state index in [-0.39, 0.29) is 17.6 Å². The van der Waals surface area contributed by atoms with Crippen LogP contribution in [0, 0.1) is 5.92 Å². The predicted molar refractivity (Wildman–Crippen MR) is 86.3 cm³/mol. The molecule has 0 atom stereocenters. The quantitative estimate of drug-likeness (QED) is 0.659. The second-order valence-corrected chi connectivity index (χ2v) is 6.62. The first kappa shape index (κ1) is 15.0. The molecule has 2 aromatic rings. The van der Waals surface area contributed by atoms with Crippen LogP contribution in [-0.2, 0) is 4.79 Å². The van der Waals surface area contributed by atoms with E-state index in [2.05, 4.69) is 0 Å². The minimum absolute atomic E-state index is 0.0750. The summed E-state index contributed by atoms with van der Waals surface area (Å²) in [7, 11) is 0. The zero-order chi connectivity index (χ0) is 15.4. The van der Waals surface area contributed by atoms with E-state index >= 15 is 0 Å². The van der Waals surface area contributed by atoms with Gasteiger partial charge in [-0.1, -0.05) is 24.6 Å². The molecule has 3 nitrogen and oxygen atoms in total. The zero-order valence-corrected chi connectivity index (χ0v) is 13.0. The molecule has 0 saturated heterocycles. The summed E-state index contributed by atoms with van der Waals surface area (Å²) in [4.78, 5) is 14.1. The molecule has 0 aromatic heterocycles. The van der Waals surface area contributed by atoms with E-state index in [9.17, 15) is 9.90 Å². The van der Waals surface area contributed by atoms with E-state index in [4.69, 9.17) is 4.74 Å². The van der Waals surface area contributed by atoms with Crippen LogP contribution in [0.5, 0.6) is 11.5 Å². The highest BCUT2D eigenvalue weighted by molar-refractivity contribution is 7.99. The molecule has 0 heterocycles. The third-order valence-corrected chi connectivity index (χ3v) is 4.82. The second-order valence-electron chi connectivity index (χ2n) is 5.47. The molecule has 1 N–H and O–H groups in total. The van der Waals surface area contributed by atoms with Gasteiger partial charge < -0.3 is 9.84 Å². The first-order valence-electron chi connectivity index (χ1n) is 7.49. The fraction of sp³-hybridized carbons (Fsp3) is 0.278. The van der Waals surface area contributed by atoms with Gasteiger partial charge in [0.15, 0.2) is 0 Å². The van der Waals surface area contributed by atoms with Crippen molar-refractivity contribution in [1.82, 2.24) is 0 Å². The molecule has 0 radical (unpaired) electrons. The smallest absolute Gasteiger partial charge is 0.314 e. The SMILES string of the molecule is O=C(Oc1ccc(Sc2ccc(O)cc2)cc1)C1CCCC1. The monoisotopic (exact) mass is 314 g/mol. The molecule has 0 spiro atoms. The Bertz CT molecular complexity index is 628. The Morgan fingerprint density at radius 2 is 1.50 bits per heavy atom. The molecule has 4 heteroatoms. The van der Waals surface area contributed by atoms with Crippen LogP contribution < -0.4 is 4.74 Å². The number of rotatable bonds is 4. The minimum atomic E-state index is -0.101. The van der Waals surface area contributed by atoms with Gasteiger partial charge in [-0.2, -0.15) is 0 Å². The van der Waals surface area contributed by atoms with Crippen molar-refractivity contribution in [3.63, 3.8) is 0 Å². The standard InChI is InChI=1S/C18H18O3S/c19-14-5-9-16(10-6-14)22-17-11-7-15(8-12-17)21-18(20)13-3-1-2-4-13/h5-13,19H,1-4H2. The fourth-order valence-electron chi connectivity index (χ4n) is 2.59. The van der Waals surface area contributed by atoms with Crippen molar-refractivity contribution in [2.45, 2.75) is 35.5 Å². The summed E-state index contributed by atoms with van der Waals surface area (Å²) >= 11 is 1.60. The molecule has 0 amide bonds. The third kappa shape index (κ3) is 3.83. The lowest BCUT2D eigenvalue weighted by atomic mass is 10.1. The number of aromatic hydroxyl groups is 1. The van der Waals surface area contributed by atoms with E-state index in [0.29, 0.717) is 5.75 Å². The first-order valence-corrected chi connectivity index (χ1v) is 8.31. The topological polar surface area (TPSA) is 46.5 Å². The summed E-state index contributed by atoms with van der Waals surface area (Å²) < 4.78 is 5.44. The van der Waals surface area contributed by atoms with Gasteiger partial charge >= 0.3 is 5.97 Å². The van der Waals surface area contributed by atoms with Gasteiger partial charge in [0, 0.05) is 9.79 Å². The number of phenols is 1. The maximum Gasteiger partial charge on any atom is 0.314 e. The highest BCUT2D eigenvalue weighted by Gasteiger charge is 2.24. The van der Waals surface area contributed by atoms with Crippen molar-refractivity contribution in [3.8, 4) is 11.5 Å². The molecular formula is C18H18O3S. The van der Waals surface area contributed by atoms with E-state index in [0.717, 1.165) is 35.5 Å². The maximum atomic E-state index is 12.0. The lowest BCUT2D eigenvalue weighted by Crippen LogP contribution is -2.17. The van der Waals surface area contributed by atoms with Crippen LogP contribution in [0.4, 0.5) is 0 Å². The Labute approximate surface area is 134 Å². The Morgan fingerprint density at radius 3 is 2.09 bits per heavy atom. The largest absolute Gasteiger partial charge is 0.508 e. The Kier molecular flexibility index (Phi) is 4.68. The average molecular weight is 314 g/mol. The van der Waals surface area contributed by atoms with Gasteiger partial charge in [0.25, 0.3) is 0 Å². The van der Waals surface area contributed by atoms with Crippen LogP contribution in [-0.4, -0.2) is 11.1 Å². The van der Waals surface area contributed by atoms with Gasteiger partial charge in [0.2, 0.25) is 0 Å². The summed E-state index contributed by atoms with van der Waals surface area (Å²) in [5, 5.41) is 9.28. The summed E-state index contributed by atoms with van der Waals surface area (Å²) in [6.45, 7) is 0. The average Bonchev–Trinajstić information content (AvgIpc) is 3.06. The van der Waals surface area contributed by atoms with Gasteiger partial charge in [-0.25, -0.2) is 0 Å². The van der Waals surface area contributed by atoms with Crippen LogP contribution in [0.2, 0.25) is 0 Å². The van der Waals surface area contributed by atoms with Crippen LogP contribution in [0.3, 0.4) is 0 Å². The molecular weight excluding hydrogens is 296 g/mol. The Balaban J connectivity index is 1.60. The van der Waals surface area contributed by atoms with Crippen LogP contribution in [0.15, 0.2) is 58.3 Å². The van der Waals surface area contributed by atoms with Gasteiger partial charge in [-0.3, -0.25) is 4.79 Å². The highest BCUT2D eigenvalue weighted by atomic mass is 32.2. The summed E-state index contributed by atoms with van der Waals surface area (Å²) in [6, 6.07) is 14.6. The Morgan fingerprint density at radius 1 is 0.955 bits per heavy atom. The molecule has 1 aliphatic carbocycles. The number of hydrogen-bond acceptors (Lipinski definition) is 4. The van der Waals surface area contributed by atoms with E-state index in [1.165, 1.54) is 0 Å². The van der Waals surface area contributed by atoms with Crippen molar-refractivity contribution >= 4 is 17.7 Å². The van der Waals surface area contributed by atoms with Gasteiger partial charge in [0.05, 0.1) is 5.92 Å². The highest BCUT2D eigenvalue weighted by Crippen LogP contribution is 2.31. The Hall–Kier alpha value is -1.94. The van der Waals surface area contributed by atoms with E-state index in [1.54, 1.807) is 23.9 Å². The van der Waals surface area contributed by atoms with Crippen LogP contribution >= 0.6 is 11.8 Å². The van der Waals surface area contributed by atoms with Crippen LogP contribution in [0.25, 0.3) is 0 Å². The maximum absolute atomic E-state index is 12.0. The summed E-state index contributed by atoms with van der Waals surface area (Å²) in [6.07, 6.45) is 4.16. The number of esters is 1. The molecule has 114 valence electrons. The lowest BCUT2D eigenvalue weighted by Gasteiger charge is -2.09. The lowest BCUT2D eigenvalue weighted by molar-refractivity contribution is -0.138. The van der Waals surface area contributed by atoms with Crippen molar-refractivity contribution in [3.05, 3.63) is 48.5 Å². The second kappa shape index (κ2) is 6.88. The van der Waals surface area contributed by atoms with E-state index < -0.39 is 0 Å². The molecule has 2 aromatic carbocycles. The van der Waals surface area contributed by atoms with Gasteiger partial charge in [-0.05, 0) is 61.4 Å². The van der Waals surface area contributed by atoms with Crippen molar-refractivity contribution in [2.24, 2.45) is 5.92 Å². The third-order valence-electron chi connectivity index (χ3n) is 3.80. The number of phenolic OH excluding ortho intramolecular Hbond substituents is 1. The molecule has 0 bridgehead atoms. The number of carbonyl (C=O) groups excluding carboxylic acids is 1. The van der Waals surface area contributed by atoms with Crippen molar-refractivity contribution in [1.29, 1.82) is 0 Å². The predicted octanol–water partition coefficient (Wildman–Crippen LogP) is 4.64. The van der Waals surface area contributed by atoms with Gasteiger partial charge in [-0.15, -0.1) is 0 Å². The summed E-state index contributed by atoms with van der Waals surface area (Å²) in [5.41, 5.74) is 0. The first-order chi connectivity index (χ1) is 10.7. The number of carbonyl (C=O) groups is 1. The fourth-order valence-corrected chi connectivity index (χ4v) is 3.40. The van der Waals surface area contributed by atoms with Crippen LogP contribution in [0.1, 0.15) is 25.7 Å². The number of hydrogen-bond donors (Lipinski definition) is 1. The normalized spacial score (nSPS) is 14.9. The van der Waals surface area contributed by atoms with Crippen molar-refractivity contribution < 1.29 is 14.6 Å². The van der Waals surface area contributed by atoms with E-state index in [1.807, 2.05) is 36.4 Å². The molecule has 3 rings (SSSR count). The minimum Gasteiger partial charge on any atom is -0.508 e. The van der Waals surface area contributed by atoms with Crippen molar-refractivity contribution in [2.75, 3.05) is 0 Å². The molecule has 22 heavy (non-hydrogen) atoms. The zero-order valence-electron chi connectivity index (χ0n) is 12.2. The number of benzene rings is 2. The molecule has 0 unspecified atom stereocenters. The molecule has 1 fully saturated rings. The molecule has 1 saturated carbocycles. The molecule has 0 aliphatic heterocycles. The van der Waals surface area contributed by atoms with Gasteiger partial charge in [0.1, 0.15) is 11.5 Å². The number of ether oxygens (including phenoxy) is 1.